The molecule has 0 saturated heterocycles. The molecule has 0 atom stereocenters. The van der Waals surface area contributed by atoms with E-state index in [0.29, 0.717) is 17.3 Å². The molecular weight excluding hydrogens is 347 g/mol. The number of anilines is 1. The van der Waals surface area contributed by atoms with Gasteiger partial charge in [-0.1, -0.05) is 11.2 Å². The van der Waals surface area contributed by atoms with Crippen LogP contribution in [0.5, 0.6) is 5.75 Å². The first kappa shape index (κ1) is 12.9. The standard InChI is InChI=1S/C12H11IN2O3/c1-8-5-11(15-18-8)14-12(16)7-17-10-4-2-3-9(13)6-10/h2-6H,7H2,1H3,(H,14,15,16). The molecule has 0 aliphatic heterocycles. The molecule has 1 amide bonds. The van der Waals surface area contributed by atoms with Gasteiger partial charge in [-0.2, -0.15) is 0 Å². The Balaban J connectivity index is 1.85. The van der Waals surface area contributed by atoms with E-state index >= 15 is 0 Å². The molecule has 18 heavy (non-hydrogen) atoms. The van der Waals surface area contributed by atoms with Crippen molar-refractivity contribution < 1.29 is 14.1 Å². The fourth-order valence-electron chi connectivity index (χ4n) is 1.31. The van der Waals surface area contributed by atoms with Crippen LogP contribution in [0.15, 0.2) is 34.9 Å². The topological polar surface area (TPSA) is 64.4 Å². The van der Waals surface area contributed by atoms with E-state index in [2.05, 4.69) is 33.1 Å². The lowest BCUT2D eigenvalue weighted by Gasteiger charge is -2.05. The minimum absolute atomic E-state index is 0.0635. The number of halogens is 1. The zero-order valence-corrected chi connectivity index (χ0v) is 11.8. The van der Waals surface area contributed by atoms with Crippen LogP contribution < -0.4 is 10.1 Å². The highest BCUT2D eigenvalue weighted by atomic mass is 127. The predicted molar refractivity (Wildman–Crippen MR) is 74.5 cm³/mol. The number of carbonyl (C=O) groups is 1. The van der Waals surface area contributed by atoms with Gasteiger partial charge in [0.25, 0.3) is 5.91 Å². The average Bonchev–Trinajstić information content (AvgIpc) is 2.72. The molecule has 0 spiro atoms. The lowest BCUT2D eigenvalue weighted by atomic mass is 10.3. The minimum atomic E-state index is -0.276. The third-order valence-corrected chi connectivity index (χ3v) is 2.73. The number of rotatable bonds is 4. The average molecular weight is 358 g/mol. The Morgan fingerprint density at radius 3 is 3.00 bits per heavy atom. The van der Waals surface area contributed by atoms with E-state index in [4.69, 9.17) is 9.26 Å². The molecule has 0 unspecified atom stereocenters. The monoisotopic (exact) mass is 358 g/mol. The summed E-state index contributed by atoms with van der Waals surface area (Å²) in [6, 6.07) is 9.12. The maximum atomic E-state index is 11.6. The summed E-state index contributed by atoms with van der Waals surface area (Å²) in [6.45, 7) is 1.69. The van der Waals surface area contributed by atoms with Gasteiger partial charge in [-0.3, -0.25) is 4.79 Å². The lowest BCUT2D eigenvalue weighted by Crippen LogP contribution is -2.20. The minimum Gasteiger partial charge on any atom is -0.484 e. The number of hydrogen-bond acceptors (Lipinski definition) is 4. The Labute approximate surface area is 118 Å². The molecular formula is C12H11IN2O3. The Hall–Kier alpha value is -1.57. The van der Waals surface area contributed by atoms with Gasteiger partial charge in [-0.25, -0.2) is 0 Å². The third kappa shape index (κ3) is 3.73. The maximum absolute atomic E-state index is 11.6. The Morgan fingerprint density at radius 1 is 1.50 bits per heavy atom. The lowest BCUT2D eigenvalue weighted by molar-refractivity contribution is -0.118. The summed E-state index contributed by atoms with van der Waals surface area (Å²) in [5, 5.41) is 6.24. The normalized spacial score (nSPS) is 10.1. The molecule has 6 heteroatoms. The van der Waals surface area contributed by atoms with Crippen molar-refractivity contribution in [3.63, 3.8) is 0 Å². The molecule has 1 heterocycles. The van der Waals surface area contributed by atoms with Crippen LogP contribution in [-0.4, -0.2) is 17.7 Å². The molecule has 5 nitrogen and oxygen atoms in total. The van der Waals surface area contributed by atoms with Gasteiger partial charge in [0.2, 0.25) is 0 Å². The van der Waals surface area contributed by atoms with E-state index in [1.54, 1.807) is 19.1 Å². The Morgan fingerprint density at radius 2 is 2.33 bits per heavy atom. The molecule has 0 bridgehead atoms. The largest absolute Gasteiger partial charge is 0.484 e. The highest BCUT2D eigenvalue weighted by Crippen LogP contribution is 2.14. The number of carbonyl (C=O) groups excluding carboxylic acids is 1. The second-order valence-corrected chi connectivity index (χ2v) is 4.86. The van der Waals surface area contributed by atoms with Crippen LogP contribution >= 0.6 is 22.6 Å². The van der Waals surface area contributed by atoms with Gasteiger partial charge in [0, 0.05) is 9.64 Å². The molecule has 2 aromatic rings. The summed E-state index contributed by atoms with van der Waals surface area (Å²) >= 11 is 2.18. The molecule has 0 radical (unpaired) electrons. The first-order valence-corrected chi connectivity index (χ1v) is 6.33. The van der Waals surface area contributed by atoms with Crippen LogP contribution in [0.4, 0.5) is 5.82 Å². The van der Waals surface area contributed by atoms with E-state index in [-0.39, 0.29) is 12.5 Å². The molecule has 0 aliphatic rings. The number of nitrogens with one attached hydrogen (secondary N) is 1. The number of aryl methyl sites for hydroxylation is 1. The van der Waals surface area contributed by atoms with E-state index in [0.717, 1.165) is 3.57 Å². The van der Waals surface area contributed by atoms with Gasteiger partial charge in [0.15, 0.2) is 12.4 Å². The number of ether oxygens (including phenoxy) is 1. The quantitative estimate of drug-likeness (QED) is 0.854. The summed E-state index contributed by atoms with van der Waals surface area (Å²) in [4.78, 5) is 11.6. The maximum Gasteiger partial charge on any atom is 0.263 e. The van der Waals surface area contributed by atoms with E-state index in [1.807, 2.05) is 18.2 Å². The van der Waals surface area contributed by atoms with Crippen LogP contribution in [0.3, 0.4) is 0 Å². The fraction of sp³-hybridized carbons (Fsp3) is 0.167. The number of benzene rings is 1. The summed E-state index contributed by atoms with van der Waals surface area (Å²) < 4.78 is 11.2. The van der Waals surface area contributed by atoms with Crippen molar-refractivity contribution in [2.75, 3.05) is 11.9 Å². The van der Waals surface area contributed by atoms with Crippen molar-refractivity contribution in [1.29, 1.82) is 0 Å². The first-order chi connectivity index (χ1) is 8.63. The van der Waals surface area contributed by atoms with Gasteiger partial charge in [-0.05, 0) is 47.7 Å². The van der Waals surface area contributed by atoms with Crippen molar-refractivity contribution in [3.8, 4) is 5.75 Å². The van der Waals surface area contributed by atoms with Crippen molar-refractivity contribution in [2.45, 2.75) is 6.92 Å². The number of hydrogen-bond donors (Lipinski definition) is 1. The summed E-state index contributed by atoms with van der Waals surface area (Å²) in [7, 11) is 0. The van der Waals surface area contributed by atoms with Gasteiger partial charge in [0.05, 0.1) is 0 Å². The van der Waals surface area contributed by atoms with Crippen LogP contribution in [0.1, 0.15) is 5.76 Å². The van der Waals surface area contributed by atoms with E-state index in [1.165, 1.54) is 0 Å². The molecule has 1 aromatic carbocycles. The summed E-state index contributed by atoms with van der Waals surface area (Å²) in [6.07, 6.45) is 0. The van der Waals surface area contributed by atoms with Crippen LogP contribution in [0, 0.1) is 10.5 Å². The smallest absolute Gasteiger partial charge is 0.263 e. The summed E-state index contributed by atoms with van der Waals surface area (Å²) in [5.74, 6) is 1.42. The zero-order valence-electron chi connectivity index (χ0n) is 9.64. The zero-order chi connectivity index (χ0) is 13.0. The van der Waals surface area contributed by atoms with E-state index < -0.39 is 0 Å². The van der Waals surface area contributed by atoms with Gasteiger partial charge in [0.1, 0.15) is 11.5 Å². The first-order valence-electron chi connectivity index (χ1n) is 5.25. The van der Waals surface area contributed by atoms with E-state index in [9.17, 15) is 4.79 Å². The molecule has 0 saturated carbocycles. The highest BCUT2D eigenvalue weighted by Gasteiger charge is 2.07. The molecule has 2 rings (SSSR count). The van der Waals surface area contributed by atoms with Crippen LogP contribution in [-0.2, 0) is 4.79 Å². The molecule has 1 N–H and O–H groups in total. The second kappa shape index (κ2) is 5.85. The molecule has 94 valence electrons. The Bertz CT molecular complexity index is 554. The van der Waals surface area contributed by atoms with Crippen LogP contribution in [0.25, 0.3) is 0 Å². The van der Waals surface area contributed by atoms with Crippen LogP contribution in [0.2, 0.25) is 0 Å². The van der Waals surface area contributed by atoms with Gasteiger partial charge in [-0.15, -0.1) is 0 Å². The predicted octanol–water partition coefficient (Wildman–Crippen LogP) is 2.61. The SMILES string of the molecule is Cc1cc(NC(=O)COc2cccc(I)c2)no1. The van der Waals surface area contributed by atoms with Crippen molar-refractivity contribution in [2.24, 2.45) is 0 Å². The summed E-state index contributed by atoms with van der Waals surface area (Å²) in [5.41, 5.74) is 0. The molecule has 1 aromatic heterocycles. The molecule has 0 aliphatic carbocycles. The highest BCUT2D eigenvalue weighted by molar-refractivity contribution is 14.1. The van der Waals surface area contributed by atoms with Crippen molar-refractivity contribution >= 4 is 34.3 Å². The number of aromatic nitrogens is 1. The number of nitrogens with zero attached hydrogens (tertiary/aromatic N) is 1. The van der Waals surface area contributed by atoms with Crippen molar-refractivity contribution in [3.05, 3.63) is 39.7 Å². The molecule has 0 fully saturated rings. The number of amides is 1. The fourth-order valence-corrected chi connectivity index (χ4v) is 1.82. The van der Waals surface area contributed by atoms with Gasteiger partial charge < -0.3 is 14.6 Å². The third-order valence-electron chi connectivity index (χ3n) is 2.06. The second-order valence-electron chi connectivity index (χ2n) is 3.62. The Kier molecular flexibility index (Phi) is 4.19. The van der Waals surface area contributed by atoms with Crippen molar-refractivity contribution in [1.82, 2.24) is 5.16 Å². The van der Waals surface area contributed by atoms with Gasteiger partial charge >= 0.3 is 0 Å².